The minimum Gasteiger partial charge on any atom is -0.372 e. The van der Waals surface area contributed by atoms with Crippen LogP contribution in [0.3, 0.4) is 0 Å². The van der Waals surface area contributed by atoms with Crippen molar-refractivity contribution in [2.45, 2.75) is 117 Å². The Kier molecular flexibility index (Phi) is 11.7. The van der Waals surface area contributed by atoms with Gasteiger partial charge in [0.2, 0.25) is 0 Å². The Morgan fingerprint density at radius 1 is 0.789 bits per heavy atom. The quantitative estimate of drug-likeness (QED) is 0.347. The summed E-state index contributed by atoms with van der Waals surface area (Å²) in [5, 5.41) is 0. The molecule has 0 radical (unpaired) electrons. The van der Waals surface area contributed by atoms with Gasteiger partial charge in [-0.1, -0.05) is 72.6 Å². The molecule has 0 rings (SSSR count). The van der Waals surface area contributed by atoms with Gasteiger partial charge in [0, 0.05) is 0 Å². The van der Waals surface area contributed by atoms with Crippen molar-refractivity contribution in [3.63, 3.8) is 0 Å². The molecule has 0 aliphatic heterocycles. The molecule has 0 aromatic heterocycles. The monoisotopic (exact) mass is 270 g/mol. The molecule has 116 valence electrons. The minimum atomic E-state index is 0.152. The molecule has 1 atom stereocenters. The highest BCUT2D eigenvalue weighted by Crippen LogP contribution is 2.29. The van der Waals surface area contributed by atoms with Crippen molar-refractivity contribution in [2.75, 3.05) is 0 Å². The first-order valence-corrected chi connectivity index (χ1v) is 8.81. The smallest absolute Gasteiger partial charge is 0.0681 e. The molecule has 0 aromatic rings. The van der Waals surface area contributed by atoms with Gasteiger partial charge in [-0.2, -0.15) is 0 Å². The van der Waals surface area contributed by atoms with Crippen molar-refractivity contribution in [3.8, 4) is 0 Å². The highest BCUT2D eigenvalue weighted by atomic mass is 16.5. The highest BCUT2D eigenvalue weighted by molar-refractivity contribution is 4.79. The maximum Gasteiger partial charge on any atom is 0.0681 e. The zero-order valence-corrected chi connectivity index (χ0v) is 14.3. The third kappa shape index (κ3) is 8.68. The predicted octanol–water partition coefficient (Wildman–Crippen LogP) is 6.50. The van der Waals surface area contributed by atoms with Crippen LogP contribution in [0.25, 0.3) is 0 Å². The summed E-state index contributed by atoms with van der Waals surface area (Å²) in [4.78, 5) is 0. The molecule has 0 spiro atoms. The molecule has 0 heterocycles. The summed E-state index contributed by atoms with van der Waals surface area (Å²) in [6, 6.07) is 0. The summed E-state index contributed by atoms with van der Waals surface area (Å²) in [6.45, 7) is 11.3. The molecule has 0 saturated carbocycles. The molecule has 1 unspecified atom stereocenters. The Morgan fingerprint density at radius 3 is 1.79 bits per heavy atom. The molecule has 1 heteroatoms. The molecule has 0 bridgehead atoms. The van der Waals surface area contributed by atoms with Crippen LogP contribution >= 0.6 is 0 Å². The fourth-order valence-corrected chi connectivity index (χ4v) is 2.74. The standard InChI is InChI=1S/C18H38O/c1-6-10-11-12-13-14-15-16-18(8-3,9-4)19-17(5)7-2/h17H,6-16H2,1-5H3. The zero-order chi connectivity index (χ0) is 14.6. The van der Waals surface area contributed by atoms with Crippen molar-refractivity contribution in [1.29, 1.82) is 0 Å². The summed E-state index contributed by atoms with van der Waals surface area (Å²) in [5.74, 6) is 0. The number of hydrogen-bond donors (Lipinski definition) is 0. The second-order valence-corrected chi connectivity index (χ2v) is 6.10. The van der Waals surface area contributed by atoms with E-state index in [-0.39, 0.29) is 5.60 Å². The summed E-state index contributed by atoms with van der Waals surface area (Å²) in [6.07, 6.45) is 14.8. The molecule has 0 aliphatic carbocycles. The second kappa shape index (κ2) is 11.8. The van der Waals surface area contributed by atoms with Crippen LogP contribution in [0.1, 0.15) is 105 Å². The number of unbranched alkanes of at least 4 members (excludes halogenated alkanes) is 6. The van der Waals surface area contributed by atoms with Gasteiger partial charge in [0.15, 0.2) is 0 Å². The lowest BCUT2D eigenvalue weighted by atomic mass is 9.89. The van der Waals surface area contributed by atoms with Gasteiger partial charge < -0.3 is 4.74 Å². The lowest BCUT2D eigenvalue weighted by molar-refractivity contribution is -0.0989. The molecular formula is C18H38O. The van der Waals surface area contributed by atoms with Gasteiger partial charge in [0.1, 0.15) is 0 Å². The Hall–Kier alpha value is -0.0400. The average Bonchev–Trinajstić information content (AvgIpc) is 2.44. The lowest BCUT2D eigenvalue weighted by Gasteiger charge is -2.35. The topological polar surface area (TPSA) is 9.23 Å². The van der Waals surface area contributed by atoms with E-state index in [2.05, 4.69) is 34.6 Å². The maximum absolute atomic E-state index is 6.33. The molecule has 0 saturated heterocycles. The van der Waals surface area contributed by atoms with Crippen molar-refractivity contribution >= 4 is 0 Å². The van der Waals surface area contributed by atoms with Crippen LogP contribution < -0.4 is 0 Å². The first-order valence-electron chi connectivity index (χ1n) is 8.81. The van der Waals surface area contributed by atoms with Crippen molar-refractivity contribution in [3.05, 3.63) is 0 Å². The van der Waals surface area contributed by atoms with Gasteiger partial charge in [-0.05, 0) is 32.6 Å². The van der Waals surface area contributed by atoms with E-state index >= 15 is 0 Å². The van der Waals surface area contributed by atoms with Gasteiger partial charge in [0.05, 0.1) is 11.7 Å². The van der Waals surface area contributed by atoms with Crippen LogP contribution in [-0.4, -0.2) is 11.7 Å². The first kappa shape index (κ1) is 19.0. The Bertz CT molecular complexity index is 184. The van der Waals surface area contributed by atoms with E-state index in [1.54, 1.807) is 0 Å². The number of hydrogen-bond acceptors (Lipinski definition) is 1. The van der Waals surface area contributed by atoms with E-state index in [0.717, 1.165) is 19.3 Å². The van der Waals surface area contributed by atoms with E-state index in [9.17, 15) is 0 Å². The molecule has 0 amide bonds. The van der Waals surface area contributed by atoms with Gasteiger partial charge in [0.25, 0.3) is 0 Å². The van der Waals surface area contributed by atoms with Crippen molar-refractivity contribution < 1.29 is 4.74 Å². The summed E-state index contributed by atoms with van der Waals surface area (Å²) >= 11 is 0. The predicted molar refractivity (Wildman–Crippen MR) is 86.8 cm³/mol. The van der Waals surface area contributed by atoms with Crippen LogP contribution in [0.5, 0.6) is 0 Å². The first-order chi connectivity index (χ1) is 9.14. The fraction of sp³-hybridized carbons (Fsp3) is 1.00. The Labute approximate surface area is 122 Å². The van der Waals surface area contributed by atoms with Gasteiger partial charge in [-0.25, -0.2) is 0 Å². The largest absolute Gasteiger partial charge is 0.372 e. The van der Waals surface area contributed by atoms with E-state index in [1.165, 1.54) is 51.4 Å². The third-order valence-electron chi connectivity index (χ3n) is 4.55. The molecule has 0 aromatic carbocycles. The van der Waals surface area contributed by atoms with Gasteiger partial charge >= 0.3 is 0 Å². The van der Waals surface area contributed by atoms with Gasteiger partial charge in [-0.3, -0.25) is 0 Å². The minimum absolute atomic E-state index is 0.152. The fourth-order valence-electron chi connectivity index (χ4n) is 2.74. The summed E-state index contributed by atoms with van der Waals surface area (Å²) in [5.41, 5.74) is 0.152. The van der Waals surface area contributed by atoms with Crippen LogP contribution in [0, 0.1) is 0 Å². The van der Waals surface area contributed by atoms with Crippen LogP contribution in [0.2, 0.25) is 0 Å². The molecule has 0 N–H and O–H groups in total. The number of ether oxygens (including phenoxy) is 1. The summed E-state index contributed by atoms with van der Waals surface area (Å²) in [7, 11) is 0. The average molecular weight is 271 g/mol. The molecule has 1 nitrogen and oxygen atoms in total. The molecule has 19 heavy (non-hydrogen) atoms. The third-order valence-corrected chi connectivity index (χ3v) is 4.55. The molecule has 0 fully saturated rings. The van der Waals surface area contributed by atoms with E-state index in [0.29, 0.717) is 6.10 Å². The van der Waals surface area contributed by atoms with Crippen molar-refractivity contribution in [1.82, 2.24) is 0 Å². The molecular weight excluding hydrogens is 232 g/mol. The van der Waals surface area contributed by atoms with Gasteiger partial charge in [-0.15, -0.1) is 0 Å². The van der Waals surface area contributed by atoms with E-state index < -0.39 is 0 Å². The second-order valence-electron chi connectivity index (χ2n) is 6.10. The van der Waals surface area contributed by atoms with Crippen LogP contribution in [-0.2, 0) is 4.74 Å². The van der Waals surface area contributed by atoms with Crippen molar-refractivity contribution in [2.24, 2.45) is 0 Å². The Balaban J connectivity index is 3.87. The SMILES string of the molecule is CCCCCCCCCC(CC)(CC)OC(C)CC. The van der Waals surface area contributed by atoms with Crippen LogP contribution in [0.15, 0.2) is 0 Å². The maximum atomic E-state index is 6.33. The lowest BCUT2D eigenvalue weighted by Crippen LogP contribution is -2.34. The summed E-state index contributed by atoms with van der Waals surface area (Å²) < 4.78 is 6.33. The number of rotatable bonds is 13. The van der Waals surface area contributed by atoms with E-state index in [4.69, 9.17) is 4.74 Å². The normalized spacial score (nSPS) is 13.7. The zero-order valence-electron chi connectivity index (χ0n) is 14.3. The van der Waals surface area contributed by atoms with Crippen LogP contribution in [0.4, 0.5) is 0 Å². The van der Waals surface area contributed by atoms with E-state index in [1.807, 2.05) is 0 Å². The molecule has 0 aliphatic rings. The Morgan fingerprint density at radius 2 is 1.32 bits per heavy atom. The highest BCUT2D eigenvalue weighted by Gasteiger charge is 2.27.